The molecule has 0 radical (unpaired) electrons. The van der Waals surface area contributed by atoms with E-state index < -0.39 is 0 Å². The molecule has 0 spiro atoms. The zero-order chi connectivity index (χ0) is 12.3. The quantitative estimate of drug-likeness (QED) is 0.808. The van der Waals surface area contributed by atoms with E-state index in [0.29, 0.717) is 6.42 Å². The highest BCUT2D eigenvalue weighted by atomic mass is 16.5. The minimum Gasteiger partial charge on any atom is -0.374 e. The summed E-state index contributed by atoms with van der Waals surface area (Å²) in [6, 6.07) is 9.73. The number of carbonyl (C=O) groups is 1. The number of nitrogens with zero attached hydrogens (tertiary/aromatic N) is 1. The molecular formula is C14H15NO2. The van der Waals surface area contributed by atoms with Crippen LogP contribution >= 0.6 is 0 Å². The molecular weight excluding hydrogens is 214 g/mol. The fourth-order valence-corrected chi connectivity index (χ4v) is 1.77. The molecule has 0 fully saturated rings. The van der Waals surface area contributed by atoms with Gasteiger partial charge in [-0.05, 0) is 24.6 Å². The van der Waals surface area contributed by atoms with E-state index in [2.05, 4.69) is 4.98 Å². The van der Waals surface area contributed by atoms with E-state index >= 15 is 0 Å². The molecule has 2 rings (SSSR count). The molecule has 0 amide bonds. The molecule has 17 heavy (non-hydrogen) atoms. The summed E-state index contributed by atoms with van der Waals surface area (Å²) < 4.78 is 5.03. The van der Waals surface area contributed by atoms with Crippen molar-refractivity contribution in [1.82, 2.24) is 4.98 Å². The number of hydrogen-bond donors (Lipinski definition) is 0. The van der Waals surface area contributed by atoms with Crippen LogP contribution in [0.25, 0.3) is 10.9 Å². The van der Waals surface area contributed by atoms with Crippen molar-refractivity contribution in [2.45, 2.75) is 19.4 Å². The van der Waals surface area contributed by atoms with Gasteiger partial charge >= 0.3 is 0 Å². The van der Waals surface area contributed by atoms with Gasteiger partial charge in [-0.15, -0.1) is 0 Å². The van der Waals surface area contributed by atoms with E-state index in [9.17, 15) is 4.79 Å². The maximum Gasteiger partial charge on any atom is 0.165 e. The van der Waals surface area contributed by atoms with E-state index in [-0.39, 0.29) is 11.9 Å². The zero-order valence-electron chi connectivity index (χ0n) is 10.0. The van der Waals surface area contributed by atoms with Gasteiger partial charge in [-0.3, -0.25) is 9.78 Å². The molecule has 0 saturated carbocycles. The van der Waals surface area contributed by atoms with Gasteiger partial charge in [0.1, 0.15) is 6.10 Å². The third kappa shape index (κ3) is 2.50. The van der Waals surface area contributed by atoms with E-state index in [4.69, 9.17) is 4.74 Å². The van der Waals surface area contributed by atoms with Crippen LogP contribution in [0.1, 0.15) is 12.5 Å². The molecule has 0 saturated heterocycles. The Morgan fingerprint density at radius 3 is 2.88 bits per heavy atom. The highest BCUT2D eigenvalue weighted by molar-refractivity contribution is 5.90. The smallest absolute Gasteiger partial charge is 0.165 e. The molecule has 0 aliphatic carbocycles. The Morgan fingerprint density at radius 1 is 1.35 bits per heavy atom. The van der Waals surface area contributed by atoms with E-state index in [0.717, 1.165) is 16.5 Å². The average molecular weight is 229 g/mol. The molecule has 3 heteroatoms. The largest absolute Gasteiger partial charge is 0.374 e. The first-order valence-electron chi connectivity index (χ1n) is 5.60. The summed E-state index contributed by atoms with van der Waals surface area (Å²) in [6.45, 7) is 1.77. The number of fused-ring (bicyclic) bond motifs is 1. The third-order valence-electron chi connectivity index (χ3n) is 2.91. The number of benzene rings is 1. The summed E-state index contributed by atoms with van der Waals surface area (Å²) in [6.07, 6.45) is 1.77. The van der Waals surface area contributed by atoms with Crippen LogP contribution in [0.4, 0.5) is 0 Å². The van der Waals surface area contributed by atoms with Crippen LogP contribution in [0.5, 0.6) is 0 Å². The fourth-order valence-electron chi connectivity index (χ4n) is 1.77. The average Bonchev–Trinajstić information content (AvgIpc) is 2.38. The minimum absolute atomic E-state index is 0.0869. The molecule has 1 aromatic heterocycles. The van der Waals surface area contributed by atoms with Gasteiger partial charge in [0.15, 0.2) is 5.78 Å². The summed E-state index contributed by atoms with van der Waals surface area (Å²) in [5, 5.41) is 1.03. The lowest BCUT2D eigenvalue weighted by Crippen LogP contribution is -2.21. The molecule has 88 valence electrons. The predicted molar refractivity (Wildman–Crippen MR) is 66.9 cm³/mol. The van der Waals surface area contributed by atoms with Crippen molar-refractivity contribution in [1.29, 1.82) is 0 Å². The number of hydrogen-bond acceptors (Lipinski definition) is 3. The number of pyridine rings is 1. The summed E-state index contributed by atoms with van der Waals surface area (Å²) in [5.74, 6) is 0.0869. The number of ether oxygens (including phenoxy) is 1. The Balaban J connectivity index is 2.33. The van der Waals surface area contributed by atoms with Crippen molar-refractivity contribution in [3.05, 3.63) is 42.1 Å². The van der Waals surface area contributed by atoms with Crippen LogP contribution in [0, 0.1) is 0 Å². The van der Waals surface area contributed by atoms with E-state index in [1.165, 1.54) is 0 Å². The van der Waals surface area contributed by atoms with Gasteiger partial charge < -0.3 is 4.74 Å². The number of aromatic nitrogens is 1. The number of ketones is 1. The molecule has 1 atom stereocenters. The number of carbonyl (C=O) groups excluding carboxylic acids is 1. The summed E-state index contributed by atoms with van der Waals surface area (Å²) in [5.41, 5.74) is 1.92. The Bertz CT molecular complexity index is 531. The molecule has 1 unspecified atom stereocenters. The minimum atomic E-state index is -0.359. The highest BCUT2D eigenvalue weighted by Gasteiger charge is 2.13. The monoisotopic (exact) mass is 229 g/mol. The van der Waals surface area contributed by atoms with Crippen molar-refractivity contribution < 1.29 is 9.53 Å². The Labute approximate surface area is 100 Å². The number of rotatable bonds is 4. The Kier molecular flexibility index (Phi) is 3.49. The second kappa shape index (κ2) is 5.06. The fraction of sp³-hybridized carbons (Fsp3) is 0.286. The van der Waals surface area contributed by atoms with Gasteiger partial charge in [-0.1, -0.05) is 18.2 Å². The Morgan fingerprint density at radius 2 is 2.12 bits per heavy atom. The molecule has 1 aromatic carbocycles. The lowest BCUT2D eigenvalue weighted by Gasteiger charge is -2.09. The SMILES string of the molecule is COC(C)C(=O)Cc1ccnc2ccccc12. The molecule has 0 aliphatic heterocycles. The van der Waals surface area contributed by atoms with Crippen molar-refractivity contribution in [2.75, 3.05) is 7.11 Å². The lowest BCUT2D eigenvalue weighted by molar-refractivity contribution is -0.127. The summed E-state index contributed by atoms with van der Waals surface area (Å²) in [7, 11) is 1.55. The van der Waals surface area contributed by atoms with E-state index in [1.807, 2.05) is 30.3 Å². The Hall–Kier alpha value is -1.74. The van der Waals surface area contributed by atoms with Gasteiger partial charge in [0.2, 0.25) is 0 Å². The lowest BCUT2D eigenvalue weighted by atomic mass is 10.0. The van der Waals surface area contributed by atoms with Crippen LogP contribution < -0.4 is 0 Å². The van der Waals surface area contributed by atoms with Crippen molar-refractivity contribution in [2.24, 2.45) is 0 Å². The van der Waals surface area contributed by atoms with Gasteiger partial charge in [-0.25, -0.2) is 0 Å². The molecule has 1 heterocycles. The second-order valence-corrected chi connectivity index (χ2v) is 4.01. The van der Waals surface area contributed by atoms with Crippen LogP contribution in [0.15, 0.2) is 36.5 Å². The molecule has 0 bridgehead atoms. The predicted octanol–water partition coefficient (Wildman–Crippen LogP) is 2.38. The van der Waals surface area contributed by atoms with Gasteiger partial charge in [0, 0.05) is 25.1 Å². The van der Waals surface area contributed by atoms with Gasteiger partial charge in [0.05, 0.1) is 5.52 Å². The zero-order valence-corrected chi connectivity index (χ0v) is 10.0. The first-order valence-corrected chi connectivity index (χ1v) is 5.60. The van der Waals surface area contributed by atoms with Gasteiger partial charge in [-0.2, -0.15) is 0 Å². The first kappa shape index (κ1) is 11.7. The standard InChI is InChI=1S/C14H15NO2/c1-10(17-2)14(16)9-11-7-8-15-13-6-4-3-5-12(11)13/h3-8,10H,9H2,1-2H3. The molecule has 3 nitrogen and oxygen atoms in total. The van der Waals surface area contributed by atoms with Crippen molar-refractivity contribution in [3.63, 3.8) is 0 Å². The molecule has 0 N–H and O–H groups in total. The number of methoxy groups -OCH3 is 1. The number of Topliss-reactive ketones (excluding diaryl/α,β-unsaturated/α-hetero) is 1. The van der Waals surface area contributed by atoms with Crippen molar-refractivity contribution >= 4 is 16.7 Å². The highest BCUT2D eigenvalue weighted by Crippen LogP contribution is 2.17. The van der Waals surface area contributed by atoms with E-state index in [1.54, 1.807) is 20.2 Å². The van der Waals surface area contributed by atoms with Crippen LogP contribution in [0.2, 0.25) is 0 Å². The molecule has 0 aliphatic rings. The maximum atomic E-state index is 11.8. The summed E-state index contributed by atoms with van der Waals surface area (Å²) >= 11 is 0. The first-order chi connectivity index (χ1) is 8.22. The van der Waals surface area contributed by atoms with Crippen molar-refractivity contribution in [3.8, 4) is 0 Å². The van der Waals surface area contributed by atoms with Crippen LogP contribution in [-0.4, -0.2) is 24.0 Å². The molecule has 2 aromatic rings. The van der Waals surface area contributed by atoms with Crippen LogP contribution in [-0.2, 0) is 16.0 Å². The van der Waals surface area contributed by atoms with Crippen LogP contribution in [0.3, 0.4) is 0 Å². The second-order valence-electron chi connectivity index (χ2n) is 4.01. The summed E-state index contributed by atoms with van der Waals surface area (Å²) in [4.78, 5) is 16.1. The van der Waals surface area contributed by atoms with Gasteiger partial charge in [0.25, 0.3) is 0 Å². The normalized spacial score (nSPS) is 12.6. The maximum absolute atomic E-state index is 11.8. The third-order valence-corrected chi connectivity index (χ3v) is 2.91. The topological polar surface area (TPSA) is 39.2 Å². The number of para-hydroxylation sites is 1.